The Morgan fingerprint density at radius 3 is 2.64 bits per heavy atom. The van der Waals surface area contributed by atoms with Gasteiger partial charge >= 0.3 is 0 Å². The third-order valence-corrected chi connectivity index (χ3v) is 2.45. The van der Waals surface area contributed by atoms with Gasteiger partial charge < -0.3 is 0 Å². The first kappa shape index (κ1) is 8.15. The first-order valence-corrected chi connectivity index (χ1v) is 4.48. The number of nitrogens with zero attached hydrogens (tertiary/aromatic N) is 3. The lowest BCUT2D eigenvalue weighted by atomic mass is 10.8. The van der Waals surface area contributed by atoms with Gasteiger partial charge in [-0.15, -0.1) is 0 Å². The van der Waals surface area contributed by atoms with E-state index in [0.717, 1.165) is 0 Å². The summed E-state index contributed by atoms with van der Waals surface area (Å²) in [4.78, 5) is 3.59. The maximum atomic E-state index is 10.7. The van der Waals surface area contributed by atoms with Crippen molar-refractivity contribution in [2.45, 2.75) is 12.3 Å². The van der Waals surface area contributed by atoms with Gasteiger partial charge in [0.15, 0.2) is 5.37 Å². The Bertz CT molecular complexity index is 316. The number of sulfonamides is 1. The highest BCUT2D eigenvalue weighted by Crippen LogP contribution is 2.06. The predicted octanol–water partition coefficient (Wildman–Crippen LogP) is -0.915. The van der Waals surface area contributed by atoms with Crippen LogP contribution in [0.4, 0.5) is 0 Å². The maximum Gasteiger partial charge on any atom is 0.232 e. The SMILES string of the molecule is CC(n1cncn1)S(N)(=O)=O. The van der Waals surface area contributed by atoms with Crippen LogP contribution in [-0.2, 0) is 10.0 Å². The van der Waals surface area contributed by atoms with Crippen molar-refractivity contribution in [1.82, 2.24) is 14.8 Å². The minimum Gasteiger partial charge on any atom is -0.234 e. The Balaban J connectivity index is 2.97. The summed E-state index contributed by atoms with van der Waals surface area (Å²) < 4.78 is 22.6. The van der Waals surface area contributed by atoms with Gasteiger partial charge in [0, 0.05) is 0 Å². The molecule has 1 aromatic rings. The minimum atomic E-state index is -3.57. The van der Waals surface area contributed by atoms with E-state index in [2.05, 4.69) is 10.1 Å². The fourth-order valence-corrected chi connectivity index (χ4v) is 0.966. The molecule has 0 amide bonds. The largest absolute Gasteiger partial charge is 0.234 e. The fraction of sp³-hybridized carbons (Fsp3) is 0.500. The highest BCUT2D eigenvalue weighted by atomic mass is 32.2. The van der Waals surface area contributed by atoms with Crippen molar-refractivity contribution in [3.63, 3.8) is 0 Å². The molecule has 1 heterocycles. The standard InChI is InChI=1S/C4H8N4O2S/c1-4(11(5,9)10)8-3-6-2-7-8/h2-4H,1H3,(H2,5,9,10). The molecule has 0 aromatic carbocycles. The van der Waals surface area contributed by atoms with Crippen LogP contribution >= 0.6 is 0 Å². The van der Waals surface area contributed by atoms with E-state index in [1.807, 2.05) is 0 Å². The molecule has 0 saturated carbocycles. The third-order valence-electron chi connectivity index (χ3n) is 1.28. The summed E-state index contributed by atoms with van der Waals surface area (Å²) >= 11 is 0. The zero-order valence-corrected chi connectivity index (χ0v) is 6.69. The number of rotatable bonds is 2. The molecule has 1 aromatic heterocycles. The third kappa shape index (κ3) is 1.75. The number of hydrogen-bond donors (Lipinski definition) is 1. The molecule has 0 saturated heterocycles. The highest BCUT2D eigenvalue weighted by Gasteiger charge is 2.17. The zero-order chi connectivity index (χ0) is 8.48. The Morgan fingerprint density at radius 1 is 1.64 bits per heavy atom. The quantitative estimate of drug-likeness (QED) is 0.631. The van der Waals surface area contributed by atoms with Crippen molar-refractivity contribution in [3.05, 3.63) is 12.7 Å². The highest BCUT2D eigenvalue weighted by molar-refractivity contribution is 7.89. The Morgan fingerprint density at radius 2 is 2.27 bits per heavy atom. The second kappa shape index (κ2) is 2.59. The van der Waals surface area contributed by atoms with Gasteiger partial charge in [0.05, 0.1) is 0 Å². The number of aromatic nitrogens is 3. The summed E-state index contributed by atoms with van der Waals surface area (Å²) in [5, 5.41) is 7.63. The normalized spacial score (nSPS) is 14.7. The van der Waals surface area contributed by atoms with Crippen LogP contribution in [0.2, 0.25) is 0 Å². The van der Waals surface area contributed by atoms with Crippen molar-refractivity contribution in [2.24, 2.45) is 5.14 Å². The molecule has 0 aliphatic rings. The van der Waals surface area contributed by atoms with Crippen LogP contribution in [-0.4, -0.2) is 23.2 Å². The summed E-state index contributed by atoms with van der Waals surface area (Å²) in [5.41, 5.74) is 0. The Hall–Kier alpha value is -0.950. The van der Waals surface area contributed by atoms with E-state index >= 15 is 0 Å². The van der Waals surface area contributed by atoms with Gasteiger partial charge in [0.25, 0.3) is 0 Å². The van der Waals surface area contributed by atoms with Crippen LogP contribution in [0.25, 0.3) is 0 Å². The average Bonchev–Trinajstić information content (AvgIpc) is 2.34. The summed E-state index contributed by atoms with van der Waals surface area (Å²) in [6.07, 6.45) is 2.55. The van der Waals surface area contributed by atoms with Gasteiger partial charge in [0.2, 0.25) is 10.0 Å². The molecular weight excluding hydrogens is 168 g/mol. The molecule has 11 heavy (non-hydrogen) atoms. The predicted molar refractivity (Wildman–Crippen MR) is 37.8 cm³/mol. The van der Waals surface area contributed by atoms with Crippen molar-refractivity contribution in [2.75, 3.05) is 0 Å². The molecular formula is C4H8N4O2S. The molecule has 0 aliphatic heterocycles. The molecule has 7 heteroatoms. The van der Waals surface area contributed by atoms with E-state index in [1.54, 1.807) is 0 Å². The smallest absolute Gasteiger partial charge is 0.232 e. The van der Waals surface area contributed by atoms with Crippen molar-refractivity contribution in [1.29, 1.82) is 0 Å². The second-order valence-corrected chi connectivity index (χ2v) is 3.92. The first-order valence-electron chi connectivity index (χ1n) is 2.87. The van der Waals surface area contributed by atoms with Gasteiger partial charge in [-0.3, -0.25) is 0 Å². The van der Waals surface area contributed by atoms with Crippen molar-refractivity contribution < 1.29 is 8.42 Å². The second-order valence-electron chi connectivity index (χ2n) is 2.06. The lowest BCUT2D eigenvalue weighted by Crippen LogP contribution is -2.24. The van der Waals surface area contributed by atoms with Gasteiger partial charge in [-0.25, -0.2) is 23.2 Å². The minimum absolute atomic E-state index is 0.856. The molecule has 0 bridgehead atoms. The van der Waals surface area contributed by atoms with Crippen LogP contribution in [0.1, 0.15) is 12.3 Å². The molecule has 1 atom stereocenters. The summed E-state index contributed by atoms with van der Waals surface area (Å²) in [5.74, 6) is 0. The molecule has 6 nitrogen and oxygen atoms in total. The average molecular weight is 176 g/mol. The monoisotopic (exact) mass is 176 g/mol. The molecule has 1 rings (SSSR count). The molecule has 0 fully saturated rings. The Labute approximate surface area is 64.1 Å². The molecule has 0 spiro atoms. The summed E-state index contributed by atoms with van der Waals surface area (Å²) in [6, 6.07) is 0. The topological polar surface area (TPSA) is 90.9 Å². The molecule has 1 unspecified atom stereocenters. The zero-order valence-electron chi connectivity index (χ0n) is 5.88. The van der Waals surface area contributed by atoms with Crippen molar-refractivity contribution >= 4 is 10.0 Å². The number of nitrogens with two attached hydrogens (primary N) is 1. The van der Waals surface area contributed by atoms with Gasteiger partial charge in [-0.05, 0) is 6.92 Å². The molecule has 62 valence electrons. The van der Waals surface area contributed by atoms with E-state index in [4.69, 9.17) is 5.14 Å². The maximum absolute atomic E-state index is 10.7. The van der Waals surface area contributed by atoms with E-state index in [9.17, 15) is 8.42 Å². The van der Waals surface area contributed by atoms with Crippen LogP contribution < -0.4 is 5.14 Å². The van der Waals surface area contributed by atoms with Gasteiger partial charge in [-0.1, -0.05) is 0 Å². The first-order chi connectivity index (χ1) is 5.02. The van der Waals surface area contributed by atoms with Crippen LogP contribution in [0.5, 0.6) is 0 Å². The molecule has 0 aliphatic carbocycles. The van der Waals surface area contributed by atoms with Crippen LogP contribution in [0.3, 0.4) is 0 Å². The fourth-order valence-electron chi connectivity index (χ4n) is 0.556. The van der Waals surface area contributed by atoms with Crippen LogP contribution in [0, 0.1) is 0 Å². The molecule has 0 radical (unpaired) electrons. The van der Waals surface area contributed by atoms with E-state index in [1.165, 1.54) is 24.3 Å². The van der Waals surface area contributed by atoms with Gasteiger partial charge in [-0.2, -0.15) is 5.10 Å². The lowest BCUT2D eigenvalue weighted by Gasteiger charge is -2.06. The van der Waals surface area contributed by atoms with Crippen molar-refractivity contribution in [3.8, 4) is 0 Å². The lowest BCUT2D eigenvalue weighted by molar-refractivity contribution is 0.539. The number of hydrogen-bond acceptors (Lipinski definition) is 4. The van der Waals surface area contributed by atoms with Gasteiger partial charge in [0.1, 0.15) is 12.7 Å². The van der Waals surface area contributed by atoms with E-state index < -0.39 is 15.4 Å². The summed E-state index contributed by atoms with van der Waals surface area (Å²) in [6.45, 7) is 1.43. The van der Waals surface area contributed by atoms with E-state index in [0.29, 0.717) is 0 Å². The Kier molecular flexibility index (Phi) is 1.92. The number of primary sulfonamides is 1. The summed E-state index contributed by atoms with van der Waals surface area (Å²) in [7, 11) is -3.57. The van der Waals surface area contributed by atoms with E-state index in [-0.39, 0.29) is 0 Å². The molecule has 2 N–H and O–H groups in total. The van der Waals surface area contributed by atoms with Crippen LogP contribution in [0.15, 0.2) is 12.7 Å².